The molecule has 0 fully saturated rings. The van der Waals surface area contributed by atoms with Crippen LogP contribution in [0.2, 0.25) is 0 Å². The number of aliphatic hydroxyl groups excluding tert-OH is 1. The molecule has 69 heavy (non-hydrogen) atoms. The number of aliphatic hydroxyl groups is 1. The van der Waals surface area contributed by atoms with Gasteiger partial charge in [0.2, 0.25) is 29.5 Å². The summed E-state index contributed by atoms with van der Waals surface area (Å²) < 4.78 is 26.6. The van der Waals surface area contributed by atoms with Crippen LogP contribution < -0.4 is 31.9 Å². The van der Waals surface area contributed by atoms with E-state index in [1.165, 1.54) is 13.8 Å². The summed E-state index contributed by atoms with van der Waals surface area (Å²) in [4.78, 5) is 133. The van der Waals surface area contributed by atoms with E-state index in [0.29, 0.717) is 5.56 Å². The summed E-state index contributed by atoms with van der Waals surface area (Å²) in [5, 5.41) is 24.3. The lowest BCUT2D eigenvalue weighted by Crippen LogP contribution is -2.60. The van der Waals surface area contributed by atoms with Gasteiger partial charge in [-0.25, -0.2) is 9.59 Å². The van der Waals surface area contributed by atoms with Crippen molar-refractivity contribution >= 4 is 59.5 Å². The summed E-state index contributed by atoms with van der Waals surface area (Å²) in [6.07, 6.45) is -3.59. The van der Waals surface area contributed by atoms with E-state index in [9.17, 15) is 53.1 Å². The Kier molecular flexibility index (Phi) is 23.8. The minimum absolute atomic E-state index is 0.112. The normalized spacial score (nSPS) is 14.4. The highest BCUT2D eigenvalue weighted by Crippen LogP contribution is 2.15. The standard InChI is InChI=1S/C47H74N6O16/c1-27(49-43(64)65-26-29-18-16-15-17-19-29)37(58)50-30(20-22-34(55)66-44(3,4)5)38(59)52-32(24-36(57)68-46(9,10)11)40(61)51-31(21-23-35(56)67-45(6,7)8)39(60)53-33(25-54)41(62)48-28(2)42(63)69-47(12,13)14/h15-19,27-28,30-33,54H,20-26H2,1-14H3,(H,48,62)(H,49,64)(H,50,58)(H,51,61)(H,52,59)(H,53,60)/t27-,28-,30-,31-,32-,33-/m0/s1. The zero-order chi connectivity index (χ0) is 53.1. The molecule has 0 unspecified atom stereocenters. The number of carbonyl (C=O) groups excluding carboxylic acids is 10. The molecule has 22 nitrogen and oxygen atoms in total. The summed E-state index contributed by atoms with van der Waals surface area (Å²) >= 11 is 0. The van der Waals surface area contributed by atoms with Crippen LogP contribution in [-0.4, -0.2) is 130 Å². The topological polar surface area (TPSA) is 309 Å². The Morgan fingerprint density at radius 3 is 1.32 bits per heavy atom. The van der Waals surface area contributed by atoms with Gasteiger partial charge in [0, 0.05) is 12.8 Å². The molecule has 7 N–H and O–H groups in total. The summed E-state index contributed by atoms with van der Waals surface area (Å²) in [6.45, 7) is 20.7. The highest BCUT2D eigenvalue weighted by molar-refractivity contribution is 5.98. The van der Waals surface area contributed by atoms with E-state index in [0.717, 1.165) is 0 Å². The molecule has 0 saturated heterocycles. The lowest BCUT2D eigenvalue weighted by molar-refractivity contribution is -0.158. The Labute approximate surface area is 404 Å². The SMILES string of the molecule is C[C@H](NC(=O)OCc1ccccc1)C(=O)N[C@@H](CCC(=O)OC(C)(C)C)C(=O)N[C@@H](CC(=O)OC(C)(C)C)C(=O)N[C@@H](CCC(=O)OC(C)(C)C)C(=O)N[C@@H](CO)C(=O)N[C@@H](C)C(=O)OC(C)(C)C. The maximum absolute atomic E-state index is 14.2. The van der Waals surface area contributed by atoms with E-state index in [1.54, 1.807) is 113 Å². The largest absolute Gasteiger partial charge is 0.460 e. The lowest BCUT2D eigenvalue weighted by atomic mass is 10.1. The van der Waals surface area contributed by atoms with Crippen LogP contribution in [-0.2, 0) is 73.4 Å². The van der Waals surface area contributed by atoms with Crippen molar-refractivity contribution in [1.82, 2.24) is 31.9 Å². The number of rotatable bonds is 23. The maximum Gasteiger partial charge on any atom is 0.408 e. The summed E-state index contributed by atoms with van der Waals surface area (Å²) in [6, 6.07) is -0.689. The maximum atomic E-state index is 14.2. The van der Waals surface area contributed by atoms with Gasteiger partial charge >= 0.3 is 30.0 Å². The second-order valence-electron chi connectivity index (χ2n) is 20.2. The van der Waals surface area contributed by atoms with Gasteiger partial charge in [-0.05, 0) is 115 Å². The molecule has 0 aliphatic carbocycles. The zero-order valence-electron chi connectivity index (χ0n) is 42.4. The number of alkyl carbamates (subject to hydrolysis) is 1. The Bertz CT molecular complexity index is 1950. The van der Waals surface area contributed by atoms with Crippen molar-refractivity contribution in [2.24, 2.45) is 0 Å². The van der Waals surface area contributed by atoms with Crippen molar-refractivity contribution in [2.45, 2.75) is 194 Å². The molecular weight excluding hydrogens is 905 g/mol. The molecule has 1 aromatic carbocycles. The number of amides is 6. The Balaban J connectivity index is 3.56. The molecule has 388 valence electrons. The van der Waals surface area contributed by atoms with E-state index >= 15 is 0 Å². The monoisotopic (exact) mass is 979 g/mol. The molecule has 1 rings (SSSR count). The van der Waals surface area contributed by atoms with Crippen LogP contribution in [0.25, 0.3) is 0 Å². The van der Waals surface area contributed by atoms with Crippen LogP contribution in [0, 0.1) is 0 Å². The fraction of sp³-hybridized carbons (Fsp3) is 0.660. The predicted molar refractivity (Wildman–Crippen MR) is 248 cm³/mol. The highest BCUT2D eigenvalue weighted by atomic mass is 16.6. The summed E-state index contributed by atoms with van der Waals surface area (Å²) in [5.74, 6) is -8.65. The van der Waals surface area contributed by atoms with E-state index in [4.69, 9.17) is 23.7 Å². The smallest absolute Gasteiger partial charge is 0.408 e. The molecule has 1 aromatic rings. The summed E-state index contributed by atoms with van der Waals surface area (Å²) in [5.41, 5.74) is -3.16. The van der Waals surface area contributed by atoms with E-state index in [1.807, 2.05) is 0 Å². The first-order chi connectivity index (χ1) is 31.6. The van der Waals surface area contributed by atoms with Crippen LogP contribution in [0.1, 0.15) is 135 Å². The van der Waals surface area contributed by atoms with E-state index in [2.05, 4.69) is 31.9 Å². The van der Waals surface area contributed by atoms with Crippen LogP contribution >= 0.6 is 0 Å². The van der Waals surface area contributed by atoms with Gasteiger partial charge in [-0.15, -0.1) is 0 Å². The van der Waals surface area contributed by atoms with Crippen LogP contribution in [0.4, 0.5) is 4.79 Å². The van der Waals surface area contributed by atoms with E-state index in [-0.39, 0.29) is 6.61 Å². The first-order valence-corrected chi connectivity index (χ1v) is 22.6. The van der Waals surface area contributed by atoms with Crippen molar-refractivity contribution < 1.29 is 76.7 Å². The lowest BCUT2D eigenvalue weighted by Gasteiger charge is -2.28. The van der Waals surface area contributed by atoms with Gasteiger partial charge in [0.05, 0.1) is 13.0 Å². The quantitative estimate of drug-likeness (QED) is 0.0610. The van der Waals surface area contributed by atoms with Crippen LogP contribution in [0.5, 0.6) is 0 Å². The average Bonchev–Trinajstić information content (AvgIpc) is 3.19. The van der Waals surface area contributed by atoms with Crippen LogP contribution in [0.15, 0.2) is 30.3 Å². The molecule has 0 aromatic heterocycles. The Morgan fingerprint density at radius 2 is 0.870 bits per heavy atom. The minimum Gasteiger partial charge on any atom is -0.460 e. The highest BCUT2D eigenvalue weighted by Gasteiger charge is 2.36. The molecule has 22 heteroatoms. The Morgan fingerprint density at radius 1 is 0.478 bits per heavy atom. The number of hydrogen-bond donors (Lipinski definition) is 7. The van der Waals surface area contributed by atoms with Gasteiger partial charge in [0.1, 0.15) is 65.3 Å². The Hall–Kier alpha value is -6.32. The van der Waals surface area contributed by atoms with Crippen molar-refractivity contribution in [1.29, 1.82) is 0 Å². The number of hydrogen-bond acceptors (Lipinski definition) is 16. The van der Waals surface area contributed by atoms with E-state index < -0.39 is 157 Å². The molecule has 0 bridgehead atoms. The fourth-order valence-electron chi connectivity index (χ4n) is 5.68. The molecule has 6 atom stereocenters. The molecule has 0 aliphatic rings. The van der Waals surface area contributed by atoms with Crippen molar-refractivity contribution in [3.05, 3.63) is 35.9 Å². The minimum atomic E-state index is -1.86. The predicted octanol–water partition coefficient (Wildman–Crippen LogP) is 2.05. The molecule has 0 aliphatic heterocycles. The zero-order valence-corrected chi connectivity index (χ0v) is 42.4. The van der Waals surface area contributed by atoms with Crippen molar-refractivity contribution in [3.8, 4) is 0 Å². The molecule has 0 spiro atoms. The van der Waals surface area contributed by atoms with Crippen molar-refractivity contribution in [3.63, 3.8) is 0 Å². The number of benzene rings is 1. The van der Waals surface area contributed by atoms with Gasteiger partial charge < -0.3 is 60.7 Å². The third kappa shape index (κ3) is 26.7. The van der Waals surface area contributed by atoms with Gasteiger partial charge in [-0.3, -0.25) is 38.4 Å². The summed E-state index contributed by atoms with van der Waals surface area (Å²) in [7, 11) is 0. The third-order valence-electron chi connectivity index (χ3n) is 8.68. The number of carbonyl (C=O) groups is 10. The van der Waals surface area contributed by atoms with Gasteiger partial charge in [0.15, 0.2) is 0 Å². The fourth-order valence-corrected chi connectivity index (χ4v) is 5.68. The van der Waals surface area contributed by atoms with Crippen LogP contribution in [0.3, 0.4) is 0 Å². The van der Waals surface area contributed by atoms with Gasteiger partial charge in [0.25, 0.3) is 0 Å². The van der Waals surface area contributed by atoms with Crippen molar-refractivity contribution in [2.75, 3.05) is 6.61 Å². The molecule has 6 amide bonds. The number of ether oxygens (including phenoxy) is 5. The molecular formula is C47H74N6O16. The number of esters is 4. The molecule has 0 saturated carbocycles. The second-order valence-corrected chi connectivity index (χ2v) is 20.2. The average molecular weight is 979 g/mol. The van der Waals surface area contributed by atoms with Gasteiger partial charge in [-0.2, -0.15) is 0 Å². The first-order valence-electron chi connectivity index (χ1n) is 22.6. The molecule has 0 heterocycles. The number of nitrogens with one attached hydrogen (secondary N) is 6. The second kappa shape index (κ2) is 27.0. The van der Waals surface area contributed by atoms with Gasteiger partial charge in [-0.1, -0.05) is 30.3 Å². The third-order valence-corrected chi connectivity index (χ3v) is 8.68. The first kappa shape index (κ1) is 60.7. The molecule has 0 radical (unpaired) electrons.